The number of aromatic nitrogens is 2. The highest BCUT2D eigenvalue weighted by atomic mass is 79.9. The molecule has 0 spiro atoms. The molecule has 2 rings (SSSR count). The molecule has 1 saturated heterocycles. The van der Waals surface area contributed by atoms with Gasteiger partial charge in [-0.25, -0.2) is 0 Å². The van der Waals surface area contributed by atoms with Gasteiger partial charge in [0.05, 0.1) is 11.7 Å². The average molecular weight is 306 g/mol. The van der Waals surface area contributed by atoms with Crippen molar-refractivity contribution in [2.24, 2.45) is 0 Å². The van der Waals surface area contributed by atoms with Gasteiger partial charge in [-0.1, -0.05) is 27.3 Å². The minimum Gasteiger partial charge on any atom is -0.368 e. The van der Waals surface area contributed by atoms with Crippen molar-refractivity contribution in [2.45, 2.75) is 32.5 Å². The van der Waals surface area contributed by atoms with Crippen LogP contribution in [-0.2, 0) is 4.74 Å². The van der Waals surface area contributed by atoms with Crippen LogP contribution in [0, 0.1) is 6.92 Å². The highest BCUT2D eigenvalue weighted by Crippen LogP contribution is 2.28. The standard InChI is InChI=1S/C10H16BrN3OS/c1-7-12-13-9(16-7)14-5-8(4-11)15-10(2,3)6-14/h8H,4-6H2,1-3H3. The zero-order valence-electron chi connectivity index (χ0n) is 9.73. The van der Waals surface area contributed by atoms with Crippen molar-refractivity contribution in [3.05, 3.63) is 5.01 Å². The Labute approximate surface area is 108 Å². The van der Waals surface area contributed by atoms with E-state index in [0.29, 0.717) is 0 Å². The number of aryl methyl sites for hydroxylation is 1. The summed E-state index contributed by atoms with van der Waals surface area (Å²) in [7, 11) is 0. The van der Waals surface area contributed by atoms with Crippen molar-refractivity contribution in [1.29, 1.82) is 0 Å². The van der Waals surface area contributed by atoms with Gasteiger partial charge in [-0.05, 0) is 20.8 Å². The Hall–Kier alpha value is -0.200. The summed E-state index contributed by atoms with van der Waals surface area (Å²) in [6, 6.07) is 0. The van der Waals surface area contributed by atoms with Gasteiger partial charge < -0.3 is 9.64 Å². The van der Waals surface area contributed by atoms with Crippen molar-refractivity contribution < 1.29 is 4.74 Å². The van der Waals surface area contributed by atoms with Crippen LogP contribution in [0.2, 0.25) is 0 Å². The number of morpholine rings is 1. The molecule has 4 nitrogen and oxygen atoms in total. The van der Waals surface area contributed by atoms with Crippen molar-refractivity contribution in [3.63, 3.8) is 0 Å². The minimum absolute atomic E-state index is 0.129. The van der Waals surface area contributed by atoms with E-state index in [1.54, 1.807) is 11.3 Å². The summed E-state index contributed by atoms with van der Waals surface area (Å²) in [5, 5.41) is 11.1. The first kappa shape index (κ1) is 12.3. The fourth-order valence-electron chi connectivity index (χ4n) is 1.94. The predicted molar refractivity (Wildman–Crippen MR) is 69.6 cm³/mol. The molecule has 16 heavy (non-hydrogen) atoms. The van der Waals surface area contributed by atoms with E-state index in [1.807, 2.05) is 6.92 Å². The van der Waals surface area contributed by atoms with Crippen molar-refractivity contribution in [3.8, 4) is 0 Å². The molecule has 90 valence electrons. The molecule has 1 atom stereocenters. The van der Waals surface area contributed by atoms with Crippen molar-refractivity contribution in [2.75, 3.05) is 23.3 Å². The Balaban J connectivity index is 2.15. The Kier molecular flexibility index (Phi) is 3.51. The summed E-state index contributed by atoms with van der Waals surface area (Å²) in [5.41, 5.74) is -0.129. The van der Waals surface area contributed by atoms with E-state index >= 15 is 0 Å². The number of alkyl halides is 1. The molecule has 1 aromatic rings. The lowest BCUT2D eigenvalue weighted by molar-refractivity contribution is -0.0724. The van der Waals surface area contributed by atoms with Gasteiger partial charge >= 0.3 is 0 Å². The molecule has 1 aliphatic rings. The van der Waals surface area contributed by atoms with Gasteiger partial charge in [0, 0.05) is 18.4 Å². The van der Waals surface area contributed by atoms with Crippen LogP contribution in [-0.4, -0.2) is 40.3 Å². The molecule has 0 bridgehead atoms. The van der Waals surface area contributed by atoms with Crippen molar-refractivity contribution in [1.82, 2.24) is 10.2 Å². The molecule has 0 N–H and O–H groups in total. The van der Waals surface area contributed by atoms with E-state index < -0.39 is 0 Å². The maximum atomic E-state index is 5.95. The monoisotopic (exact) mass is 305 g/mol. The van der Waals surface area contributed by atoms with Gasteiger partial charge in [0.2, 0.25) is 5.13 Å². The predicted octanol–water partition coefficient (Wildman–Crippen LogP) is 2.23. The lowest BCUT2D eigenvalue weighted by atomic mass is 10.1. The maximum absolute atomic E-state index is 5.95. The molecule has 0 saturated carbocycles. The number of rotatable bonds is 2. The SMILES string of the molecule is Cc1nnc(N2CC(CBr)OC(C)(C)C2)s1. The van der Waals surface area contributed by atoms with E-state index in [0.717, 1.165) is 28.6 Å². The molecule has 1 unspecified atom stereocenters. The molecule has 0 aliphatic carbocycles. The van der Waals surface area contributed by atoms with Crippen LogP contribution in [0.1, 0.15) is 18.9 Å². The van der Waals surface area contributed by atoms with E-state index in [-0.39, 0.29) is 11.7 Å². The third-order valence-corrected chi connectivity index (χ3v) is 4.06. The highest BCUT2D eigenvalue weighted by Gasteiger charge is 2.34. The molecular formula is C10H16BrN3OS. The Morgan fingerprint density at radius 1 is 1.56 bits per heavy atom. The second kappa shape index (κ2) is 4.58. The van der Waals surface area contributed by atoms with Crippen LogP contribution in [0.25, 0.3) is 0 Å². The number of nitrogens with zero attached hydrogens (tertiary/aromatic N) is 3. The first-order chi connectivity index (χ1) is 7.50. The quantitative estimate of drug-likeness (QED) is 0.785. The number of halogens is 1. The van der Waals surface area contributed by atoms with E-state index in [1.165, 1.54) is 0 Å². The van der Waals surface area contributed by atoms with Crippen LogP contribution in [0.4, 0.5) is 5.13 Å². The van der Waals surface area contributed by atoms with Crippen LogP contribution >= 0.6 is 27.3 Å². The summed E-state index contributed by atoms with van der Waals surface area (Å²) in [4.78, 5) is 2.26. The van der Waals surface area contributed by atoms with E-state index in [2.05, 4.69) is 44.9 Å². The summed E-state index contributed by atoms with van der Waals surface area (Å²) >= 11 is 5.12. The summed E-state index contributed by atoms with van der Waals surface area (Å²) in [6.07, 6.45) is 0.216. The van der Waals surface area contributed by atoms with Gasteiger partial charge in [0.1, 0.15) is 5.01 Å². The summed E-state index contributed by atoms with van der Waals surface area (Å²) < 4.78 is 5.95. The number of anilines is 1. The van der Waals surface area contributed by atoms with E-state index in [9.17, 15) is 0 Å². The van der Waals surface area contributed by atoms with Gasteiger partial charge in [0.15, 0.2) is 0 Å². The van der Waals surface area contributed by atoms with Gasteiger partial charge in [-0.2, -0.15) is 0 Å². The first-order valence-corrected chi connectivity index (χ1v) is 7.23. The summed E-state index contributed by atoms with van der Waals surface area (Å²) in [6.45, 7) is 7.95. The van der Waals surface area contributed by atoms with Gasteiger partial charge in [-0.3, -0.25) is 0 Å². The van der Waals surface area contributed by atoms with Crippen LogP contribution in [0.15, 0.2) is 0 Å². The zero-order valence-corrected chi connectivity index (χ0v) is 12.1. The third-order valence-electron chi connectivity index (χ3n) is 2.44. The Morgan fingerprint density at radius 2 is 2.31 bits per heavy atom. The minimum atomic E-state index is -0.129. The van der Waals surface area contributed by atoms with Crippen LogP contribution in [0.3, 0.4) is 0 Å². The molecule has 0 radical (unpaired) electrons. The number of ether oxygens (including phenoxy) is 1. The van der Waals surface area contributed by atoms with Crippen LogP contribution < -0.4 is 4.90 Å². The largest absolute Gasteiger partial charge is 0.368 e. The maximum Gasteiger partial charge on any atom is 0.208 e. The molecule has 0 amide bonds. The third kappa shape index (κ3) is 2.73. The first-order valence-electron chi connectivity index (χ1n) is 5.29. The number of hydrogen-bond acceptors (Lipinski definition) is 5. The smallest absolute Gasteiger partial charge is 0.208 e. The second-order valence-corrected chi connectivity index (χ2v) is 6.45. The second-order valence-electron chi connectivity index (χ2n) is 4.64. The van der Waals surface area contributed by atoms with Gasteiger partial charge in [-0.15, -0.1) is 10.2 Å². The lowest BCUT2D eigenvalue weighted by Crippen LogP contribution is -2.53. The van der Waals surface area contributed by atoms with Crippen molar-refractivity contribution >= 4 is 32.4 Å². The molecule has 1 aliphatic heterocycles. The lowest BCUT2D eigenvalue weighted by Gasteiger charge is -2.42. The molecule has 0 aromatic carbocycles. The Morgan fingerprint density at radius 3 is 2.88 bits per heavy atom. The van der Waals surface area contributed by atoms with E-state index in [4.69, 9.17) is 4.74 Å². The zero-order chi connectivity index (χ0) is 11.8. The molecular weight excluding hydrogens is 290 g/mol. The molecule has 1 fully saturated rings. The Bertz CT molecular complexity index is 369. The fourth-order valence-corrected chi connectivity index (χ4v) is 2.97. The normalized spacial score (nSPS) is 24.8. The fraction of sp³-hybridized carbons (Fsp3) is 0.800. The molecule has 2 heterocycles. The molecule has 6 heteroatoms. The summed E-state index contributed by atoms with van der Waals surface area (Å²) in [5.74, 6) is 0. The highest BCUT2D eigenvalue weighted by molar-refractivity contribution is 9.09. The van der Waals surface area contributed by atoms with Gasteiger partial charge in [0.25, 0.3) is 0 Å². The van der Waals surface area contributed by atoms with Crippen LogP contribution in [0.5, 0.6) is 0 Å². The average Bonchev–Trinajstić information content (AvgIpc) is 2.62. The topological polar surface area (TPSA) is 38.2 Å². The molecule has 1 aromatic heterocycles. The number of hydrogen-bond donors (Lipinski definition) is 0.